The van der Waals surface area contributed by atoms with E-state index in [2.05, 4.69) is 43.4 Å². The molecule has 0 aliphatic heterocycles. The lowest BCUT2D eigenvalue weighted by Crippen LogP contribution is -2.40. The molecule has 1 aromatic carbocycles. The van der Waals surface area contributed by atoms with Gasteiger partial charge in [0.05, 0.1) is 25.5 Å². The van der Waals surface area contributed by atoms with Gasteiger partial charge in [-0.25, -0.2) is 0 Å². The third-order valence-corrected chi connectivity index (χ3v) is 6.34. The highest BCUT2D eigenvalue weighted by Crippen LogP contribution is 2.39. The molecule has 35 heavy (non-hydrogen) atoms. The third-order valence-electron chi connectivity index (χ3n) is 6.34. The van der Waals surface area contributed by atoms with Crippen LogP contribution in [-0.2, 0) is 11.3 Å². The van der Waals surface area contributed by atoms with Gasteiger partial charge in [-0.1, -0.05) is 40.2 Å². The Labute approximate surface area is 208 Å². The van der Waals surface area contributed by atoms with Crippen molar-refractivity contribution in [2.24, 2.45) is 11.8 Å². The number of benzene rings is 1. The molecule has 8 nitrogen and oxygen atoms in total. The van der Waals surface area contributed by atoms with Crippen molar-refractivity contribution in [1.82, 2.24) is 20.4 Å². The van der Waals surface area contributed by atoms with Crippen molar-refractivity contribution in [2.45, 2.75) is 78.4 Å². The molecule has 2 unspecified atom stereocenters. The van der Waals surface area contributed by atoms with Crippen molar-refractivity contribution < 1.29 is 19.1 Å². The van der Waals surface area contributed by atoms with Gasteiger partial charge < -0.3 is 20.1 Å². The first-order valence-corrected chi connectivity index (χ1v) is 12.6. The highest BCUT2D eigenvalue weighted by Gasteiger charge is 2.27. The molecule has 3 rings (SSSR count). The van der Waals surface area contributed by atoms with E-state index in [-0.39, 0.29) is 24.3 Å². The Hall–Kier alpha value is -3.03. The molecule has 1 fully saturated rings. The molecule has 8 heteroatoms. The summed E-state index contributed by atoms with van der Waals surface area (Å²) >= 11 is 0. The van der Waals surface area contributed by atoms with Crippen LogP contribution in [0.3, 0.4) is 0 Å². The Balaban J connectivity index is 1.90. The highest BCUT2D eigenvalue weighted by atomic mass is 16.5. The number of amides is 2. The first-order valence-electron chi connectivity index (χ1n) is 12.6. The summed E-state index contributed by atoms with van der Waals surface area (Å²) in [6, 6.07) is 7.44. The summed E-state index contributed by atoms with van der Waals surface area (Å²) in [4.78, 5) is 25.8. The van der Waals surface area contributed by atoms with Crippen molar-refractivity contribution in [1.29, 1.82) is 0 Å². The molecule has 1 aliphatic rings. The van der Waals surface area contributed by atoms with Crippen LogP contribution in [0.25, 0.3) is 11.3 Å². The van der Waals surface area contributed by atoms with E-state index in [4.69, 9.17) is 9.47 Å². The molecule has 1 saturated carbocycles. The van der Waals surface area contributed by atoms with Crippen LogP contribution in [0.5, 0.6) is 11.5 Å². The maximum atomic E-state index is 13.3. The van der Waals surface area contributed by atoms with Gasteiger partial charge in [0.1, 0.15) is 11.5 Å². The van der Waals surface area contributed by atoms with E-state index in [1.807, 2.05) is 22.9 Å². The number of nitrogens with zero attached hydrogens (tertiary/aromatic N) is 2. The predicted octanol–water partition coefficient (Wildman–Crippen LogP) is 4.43. The lowest BCUT2D eigenvalue weighted by Gasteiger charge is -2.20. The molecule has 2 aromatic rings. The molecule has 1 aromatic heterocycles. The summed E-state index contributed by atoms with van der Waals surface area (Å²) < 4.78 is 13.1. The minimum Gasteiger partial charge on any atom is -0.496 e. The van der Waals surface area contributed by atoms with E-state index in [9.17, 15) is 9.59 Å². The van der Waals surface area contributed by atoms with Crippen molar-refractivity contribution in [2.75, 3.05) is 14.2 Å². The Kier molecular flexibility index (Phi) is 9.18. The zero-order valence-electron chi connectivity index (χ0n) is 21.9. The van der Waals surface area contributed by atoms with Crippen LogP contribution >= 0.6 is 0 Å². The molecule has 2 atom stereocenters. The Morgan fingerprint density at radius 2 is 1.80 bits per heavy atom. The topological polar surface area (TPSA) is 94.5 Å². The molecular weight excluding hydrogens is 444 g/mol. The Morgan fingerprint density at radius 3 is 2.34 bits per heavy atom. The number of ether oxygens (including phenoxy) is 2. The van der Waals surface area contributed by atoms with Crippen LogP contribution in [0.15, 0.2) is 24.3 Å². The van der Waals surface area contributed by atoms with Crippen LogP contribution in [0.4, 0.5) is 0 Å². The van der Waals surface area contributed by atoms with Crippen LogP contribution in [-0.4, -0.2) is 47.9 Å². The van der Waals surface area contributed by atoms with Crippen LogP contribution in [0.1, 0.15) is 70.3 Å². The molecule has 0 spiro atoms. The molecule has 0 saturated heterocycles. The maximum absolute atomic E-state index is 13.3. The van der Waals surface area contributed by atoms with Gasteiger partial charge in [-0.15, -0.1) is 0 Å². The average molecular weight is 485 g/mol. The lowest BCUT2D eigenvalue weighted by molar-refractivity contribution is -0.121. The van der Waals surface area contributed by atoms with Crippen molar-refractivity contribution >= 4 is 11.8 Å². The van der Waals surface area contributed by atoms with Gasteiger partial charge in [0, 0.05) is 25.0 Å². The predicted molar refractivity (Wildman–Crippen MR) is 137 cm³/mol. The summed E-state index contributed by atoms with van der Waals surface area (Å²) in [5.41, 5.74) is 1.83. The smallest absolute Gasteiger partial charge is 0.272 e. The lowest BCUT2D eigenvalue weighted by atomic mass is 10.0. The quantitative estimate of drug-likeness (QED) is 0.439. The van der Waals surface area contributed by atoms with Gasteiger partial charge in [-0.05, 0) is 49.3 Å². The number of nitrogens with one attached hydrogen (secondary N) is 2. The van der Waals surface area contributed by atoms with Crippen LogP contribution in [0.2, 0.25) is 0 Å². The zero-order valence-corrected chi connectivity index (χ0v) is 21.9. The highest BCUT2D eigenvalue weighted by molar-refractivity contribution is 5.94. The molecule has 2 amide bonds. The number of carbonyl (C=O) groups is 2. The fourth-order valence-corrected chi connectivity index (χ4v) is 4.16. The SMILES string of the molecule is CCC(C)Cn1nc(C(=O)NC(CC(=O)NC2CC2)CC(C)C)cc1-c1c(OC)cccc1OC. The average Bonchev–Trinajstić information content (AvgIpc) is 3.53. The molecule has 0 bridgehead atoms. The van der Waals surface area contributed by atoms with Gasteiger partial charge in [0.15, 0.2) is 5.69 Å². The minimum atomic E-state index is -0.284. The van der Waals surface area contributed by atoms with Crippen molar-refractivity contribution in [3.63, 3.8) is 0 Å². The summed E-state index contributed by atoms with van der Waals surface area (Å²) in [5, 5.41) is 10.8. The Bertz CT molecular complexity index is 990. The zero-order chi connectivity index (χ0) is 25.5. The van der Waals surface area contributed by atoms with Crippen molar-refractivity contribution in [3.05, 3.63) is 30.0 Å². The van der Waals surface area contributed by atoms with E-state index < -0.39 is 0 Å². The maximum Gasteiger partial charge on any atom is 0.272 e. The second-order valence-corrected chi connectivity index (χ2v) is 9.99. The normalized spacial score (nSPS) is 14.9. The fourth-order valence-electron chi connectivity index (χ4n) is 4.16. The summed E-state index contributed by atoms with van der Waals surface area (Å²) in [7, 11) is 3.23. The van der Waals surface area contributed by atoms with Crippen LogP contribution in [0, 0.1) is 11.8 Å². The van der Waals surface area contributed by atoms with Gasteiger partial charge in [-0.2, -0.15) is 5.10 Å². The number of methoxy groups -OCH3 is 2. The van der Waals surface area contributed by atoms with E-state index in [1.54, 1.807) is 20.3 Å². The second kappa shape index (κ2) is 12.1. The van der Waals surface area contributed by atoms with Crippen molar-refractivity contribution in [3.8, 4) is 22.8 Å². The molecule has 1 aliphatic carbocycles. The van der Waals surface area contributed by atoms with Gasteiger partial charge in [0.2, 0.25) is 5.91 Å². The first kappa shape index (κ1) is 26.6. The first-order chi connectivity index (χ1) is 16.7. The van der Waals surface area contributed by atoms with Crippen LogP contribution < -0.4 is 20.1 Å². The molecule has 2 N–H and O–H groups in total. The Morgan fingerprint density at radius 1 is 1.14 bits per heavy atom. The van der Waals surface area contributed by atoms with Gasteiger partial charge in [0.25, 0.3) is 5.91 Å². The number of hydrogen-bond acceptors (Lipinski definition) is 5. The second-order valence-electron chi connectivity index (χ2n) is 9.99. The number of aromatic nitrogens is 2. The van der Waals surface area contributed by atoms with E-state index in [1.165, 1.54) is 0 Å². The summed E-state index contributed by atoms with van der Waals surface area (Å²) in [5.74, 6) is 1.70. The third kappa shape index (κ3) is 7.23. The summed E-state index contributed by atoms with van der Waals surface area (Å²) in [6.07, 6.45) is 4.04. The molecular formula is C27H40N4O4. The monoisotopic (exact) mass is 484 g/mol. The van der Waals surface area contributed by atoms with Gasteiger partial charge >= 0.3 is 0 Å². The fraction of sp³-hybridized carbons (Fsp3) is 0.593. The molecule has 192 valence electrons. The number of hydrogen-bond donors (Lipinski definition) is 2. The van der Waals surface area contributed by atoms with E-state index in [0.29, 0.717) is 48.0 Å². The standard InChI is InChI=1S/C27H40N4O4/c1-7-18(4)16-31-22(26-23(34-5)9-8-10-24(26)35-6)15-21(30-31)27(33)29-20(13-17(2)3)14-25(32)28-19-11-12-19/h8-10,15,17-20H,7,11-14,16H2,1-6H3,(H,28,32)(H,29,33). The number of rotatable bonds is 13. The largest absolute Gasteiger partial charge is 0.496 e. The van der Waals surface area contributed by atoms with E-state index >= 15 is 0 Å². The van der Waals surface area contributed by atoms with Gasteiger partial charge in [-0.3, -0.25) is 14.3 Å². The van der Waals surface area contributed by atoms with E-state index in [0.717, 1.165) is 30.5 Å². The summed E-state index contributed by atoms with van der Waals surface area (Å²) in [6.45, 7) is 9.12. The molecule has 1 heterocycles. The number of carbonyl (C=O) groups excluding carboxylic acids is 2. The molecule has 0 radical (unpaired) electrons. The minimum absolute atomic E-state index is 0.0137.